The Morgan fingerprint density at radius 3 is 2.47 bits per heavy atom. The fourth-order valence-electron chi connectivity index (χ4n) is 1.84. The minimum Gasteiger partial charge on any atom is -0.495 e. The first-order valence-electron chi connectivity index (χ1n) is 6.14. The van der Waals surface area contributed by atoms with Gasteiger partial charge in [-0.05, 0) is 41.9 Å². The molecule has 0 radical (unpaired) electrons. The molecule has 0 amide bonds. The number of hydrogen-bond donors (Lipinski definition) is 0. The van der Waals surface area contributed by atoms with Crippen LogP contribution in [0.1, 0.15) is 13.8 Å². The lowest BCUT2D eigenvalue weighted by Gasteiger charge is -2.12. The van der Waals surface area contributed by atoms with Crippen molar-refractivity contribution in [2.24, 2.45) is 0 Å². The molecule has 0 atom stereocenters. The molecular weight excluding hydrogens is 310 g/mol. The smallest absolute Gasteiger partial charge is 0.217 e. The van der Waals surface area contributed by atoms with Gasteiger partial charge in [0, 0.05) is 11.5 Å². The molecule has 0 bridgehead atoms. The zero-order valence-corrected chi connectivity index (χ0v) is 12.8. The molecule has 5 heteroatoms. The van der Waals surface area contributed by atoms with Crippen molar-refractivity contribution in [3.8, 4) is 17.4 Å². The Morgan fingerprint density at radius 2 is 1.84 bits per heavy atom. The first-order valence-corrected chi connectivity index (χ1v) is 6.93. The molecule has 0 spiro atoms. The minimum atomic E-state index is 0.549. The van der Waals surface area contributed by atoms with E-state index in [2.05, 4.69) is 20.9 Å². The number of ether oxygens (including phenoxy) is 3. The number of aromatic nitrogens is 1. The van der Waals surface area contributed by atoms with Gasteiger partial charge in [-0.25, -0.2) is 4.98 Å². The Labute approximate surface area is 120 Å². The predicted molar refractivity (Wildman–Crippen MR) is 78.3 cm³/mol. The van der Waals surface area contributed by atoms with Crippen molar-refractivity contribution in [1.29, 1.82) is 0 Å². The lowest BCUT2D eigenvalue weighted by molar-refractivity contribution is 0.317. The van der Waals surface area contributed by atoms with Crippen LogP contribution in [0.3, 0.4) is 0 Å². The molecule has 0 unspecified atom stereocenters. The molecule has 0 aliphatic heterocycles. The molecule has 0 aliphatic rings. The zero-order valence-electron chi connectivity index (χ0n) is 11.2. The van der Waals surface area contributed by atoms with E-state index in [-0.39, 0.29) is 0 Å². The van der Waals surface area contributed by atoms with Gasteiger partial charge in [0.1, 0.15) is 11.5 Å². The molecular formula is C14H16BrNO3. The van der Waals surface area contributed by atoms with Crippen LogP contribution in [0, 0.1) is 0 Å². The number of methoxy groups -OCH3 is 1. The van der Waals surface area contributed by atoms with Gasteiger partial charge in [0.2, 0.25) is 5.88 Å². The van der Waals surface area contributed by atoms with E-state index in [1.54, 1.807) is 7.11 Å². The van der Waals surface area contributed by atoms with E-state index in [1.807, 2.05) is 32.0 Å². The van der Waals surface area contributed by atoms with Gasteiger partial charge in [-0.15, -0.1) is 0 Å². The Kier molecular flexibility index (Phi) is 4.47. The van der Waals surface area contributed by atoms with Crippen LogP contribution in [0.2, 0.25) is 0 Å². The number of pyridine rings is 1. The van der Waals surface area contributed by atoms with Crippen LogP contribution >= 0.6 is 15.9 Å². The summed E-state index contributed by atoms with van der Waals surface area (Å²) in [5.74, 6) is 2.04. The second-order valence-electron chi connectivity index (χ2n) is 3.80. The summed E-state index contributed by atoms with van der Waals surface area (Å²) in [5.41, 5.74) is 0.772. The summed E-state index contributed by atoms with van der Waals surface area (Å²) >= 11 is 3.51. The van der Waals surface area contributed by atoms with Gasteiger partial charge in [0.05, 0.1) is 30.3 Å². The van der Waals surface area contributed by atoms with Gasteiger partial charge in [0.25, 0.3) is 0 Å². The summed E-state index contributed by atoms with van der Waals surface area (Å²) in [7, 11) is 1.63. The molecule has 0 saturated heterocycles. The average Bonchev–Trinajstić information content (AvgIpc) is 2.41. The highest BCUT2D eigenvalue weighted by molar-refractivity contribution is 9.10. The number of nitrogens with zero attached hydrogens (tertiary/aromatic N) is 1. The van der Waals surface area contributed by atoms with Crippen molar-refractivity contribution in [1.82, 2.24) is 4.98 Å². The van der Waals surface area contributed by atoms with Crippen LogP contribution in [-0.4, -0.2) is 25.3 Å². The van der Waals surface area contributed by atoms with Crippen LogP contribution in [0.5, 0.6) is 17.4 Å². The maximum atomic E-state index is 5.65. The molecule has 1 heterocycles. The number of rotatable bonds is 5. The lowest BCUT2D eigenvalue weighted by Crippen LogP contribution is -1.99. The fourth-order valence-corrected chi connectivity index (χ4v) is 2.44. The quantitative estimate of drug-likeness (QED) is 0.838. The van der Waals surface area contributed by atoms with Gasteiger partial charge < -0.3 is 14.2 Å². The second kappa shape index (κ2) is 6.10. The maximum Gasteiger partial charge on any atom is 0.217 e. The summed E-state index contributed by atoms with van der Waals surface area (Å²) in [6.45, 7) is 5.03. The van der Waals surface area contributed by atoms with Crippen molar-refractivity contribution in [3.63, 3.8) is 0 Å². The van der Waals surface area contributed by atoms with E-state index in [4.69, 9.17) is 14.2 Å². The average molecular weight is 326 g/mol. The largest absolute Gasteiger partial charge is 0.495 e. The Balaban J connectivity index is 2.67. The molecule has 0 fully saturated rings. The fraction of sp³-hybridized carbons (Fsp3) is 0.357. The molecule has 1 aromatic heterocycles. The van der Waals surface area contributed by atoms with Gasteiger partial charge in [-0.2, -0.15) is 0 Å². The SMILES string of the molecule is CCOc1cc(OCC)c2ccc(OC)c(Br)c2n1. The third-order valence-electron chi connectivity index (χ3n) is 2.63. The van der Waals surface area contributed by atoms with E-state index in [0.29, 0.717) is 19.1 Å². The van der Waals surface area contributed by atoms with E-state index >= 15 is 0 Å². The highest BCUT2D eigenvalue weighted by atomic mass is 79.9. The van der Waals surface area contributed by atoms with E-state index in [1.165, 1.54) is 0 Å². The molecule has 2 rings (SSSR count). The Bertz CT molecular complexity index is 586. The first kappa shape index (κ1) is 13.9. The van der Waals surface area contributed by atoms with Crippen LogP contribution in [-0.2, 0) is 0 Å². The number of fused-ring (bicyclic) bond motifs is 1. The van der Waals surface area contributed by atoms with Crippen molar-refractivity contribution < 1.29 is 14.2 Å². The van der Waals surface area contributed by atoms with E-state index in [9.17, 15) is 0 Å². The van der Waals surface area contributed by atoms with Crippen molar-refractivity contribution in [2.45, 2.75) is 13.8 Å². The molecule has 4 nitrogen and oxygen atoms in total. The van der Waals surface area contributed by atoms with Gasteiger partial charge in [-0.1, -0.05) is 0 Å². The Morgan fingerprint density at radius 1 is 1.11 bits per heavy atom. The second-order valence-corrected chi connectivity index (χ2v) is 4.60. The van der Waals surface area contributed by atoms with Crippen molar-refractivity contribution in [3.05, 3.63) is 22.7 Å². The van der Waals surface area contributed by atoms with Crippen LogP contribution < -0.4 is 14.2 Å². The normalized spacial score (nSPS) is 10.5. The molecule has 1 aromatic carbocycles. The van der Waals surface area contributed by atoms with Gasteiger partial charge in [0.15, 0.2) is 0 Å². The first-order chi connectivity index (χ1) is 9.21. The molecule has 102 valence electrons. The molecule has 0 saturated carbocycles. The predicted octanol–water partition coefficient (Wildman–Crippen LogP) is 3.80. The van der Waals surface area contributed by atoms with Gasteiger partial charge in [-0.3, -0.25) is 0 Å². The monoisotopic (exact) mass is 325 g/mol. The molecule has 2 aromatic rings. The number of benzene rings is 1. The summed E-state index contributed by atoms with van der Waals surface area (Å²) in [6, 6.07) is 5.64. The van der Waals surface area contributed by atoms with Crippen molar-refractivity contribution in [2.75, 3.05) is 20.3 Å². The van der Waals surface area contributed by atoms with E-state index in [0.717, 1.165) is 26.9 Å². The lowest BCUT2D eigenvalue weighted by atomic mass is 10.2. The third-order valence-corrected chi connectivity index (χ3v) is 3.40. The third kappa shape index (κ3) is 2.76. The maximum absolute atomic E-state index is 5.65. The van der Waals surface area contributed by atoms with Crippen LogP contribution in [0.4, 0.5) is 0 Å². The summed E-state index contributed by atoms with van der Waals surface area (Å²) in [6.07, 6.45) is 0. The van der Waals surface area contributed by atoms with Crippen molar-refractivity contribution >= 4 is 26.8 Å². The Hall–Kier alpha value is -1.49. The van der Waals surface area contributed by atoms with Crippen LogP contribution in [0.25, 0.3) is 10.9 Å². The topological polar surface area (TPSA) is 40.6 Å². The molecule has 0 aliphatic carbocycles. The van der Waals surface area contributed by atoms with Crippen LogP contribution in [0.15, 0.2) is 22.7 Å². The number of halogens is 1. The van der Waals surface area contributed by atoms with Gasteiger partial charge >= 0.3 is 0 Å². The molecule has 19 heavy (non-hydrogen) atoms. The summed E-state index contributed by atoms with van der Waals surface area (Å²) in [4.78, 5) is 4.49. The molecule has 0 N–H and O–H groups in total. The number of hydrogen-bond acceptors (Lipinski definition) is 4. The highest BCUT2D eigenvalue weighted by Gasteiger charge is 2.13. The highest BCUT2D eigenvalue weighted by Crippen LogP contribution is 2.37. The zero-order chi connectivity index (χ0) is 13.8. The summed E-state index contributed by atoms with van der Waals surface area (Å²) in [5, 5.41) is 0.929. The van der Waals surface area contributed by atoms with E-state index < -0.39 is 0 Å². The standard InChI is InChI=1S/C14H16BrNO3/c1-4-18-11-8-12(19-5-2)16-14-9(11)6-7-10(17-3)13(14)15/h6-8H,4-5H2,1-3H3. The summed E-state index contributed by atoms with van der Waals surface area (Å²) < 4.78 is 17.2. The minimum absolute atomic E-state index is 0.549.